The van der Waals surface area contributed by atoms with Crippen molar-refractivity contribution in [1.29, 1.82) is 0 Å². The van der Waals surface area contributed by atoms with Gasteiger partial charge in [0.05, 0.1) is 5.56 Å². The molecule has 1 aromatic carbocycles. The maximum absolute atomic E-state index is 12.9. The van der Waals surface area contributed by atoms with E-state index >= 15 is 0 Å². The fraction of sp³-hybridized carbons (Fsp3) is 0.176. The lowest BCUT2D eigenvalue weighted by Crippen LogP contribution is -2.12. The predicted octanol–water partition coefficient (Wildman–Crippen LogP) is 4.11. The molecular weight excluding hydrogens is 321 g/mol. The van der Waals surface area contributed by atoms with Crippen LogP contribution in [0.3, 0.4) is 0 Å². The van der Waals surface area contributed by atoms with Crippen LogP contribution in [0.4, 0.5) is 13.2 Å². The third-order valence-electron chi connectivity index (χ3n) is 3.87. The molecule has 0 unspecified atom stereocenters. The van der Waals surface area contributed by atoms with Crippen LogP contribution in [0.2, 0.25) is 0 Å². The third kappa shape index (κ3) is 2.73. The monoisotopic (exact) mass is 334 g/mol. The maximum Gasteiger partial charge on any atom is 0.416 e. The Labute approximate surface area is 135 Å². The van der Waals surface area contributed by atoms with Crippen LogP contribution >= 0.6 is 0 Å². The number of halogens is 3. The number of carbonyl (C=O) groups is 1. The first-order valence-corrected chi connectivity index (χ1v) is 7.12. The minimum absolute atomic E-state index is 0.00704. The molecule has 0 bridgehead atoms. The van der Waals surface area contributed by atoms with E-state index in [2.05, 4.69) is 4.98 Å². The molecule has 0 saturated heterocycles. The molecule has 0 aliphatic heterocycles. The van der Waals surface area contributed by atoms with Gasteiger partial charge in [-0.3, -0.25) is 0 Å². The SMILES string of the molecule is Cc1c(C(=O)O)n(Cc2cccc(C(F)(F)F)c2)c2ncccc12. The van der Waals surface area contributed by atoms with Crippen LogP contribution in [0.1, 0.15) is 27.2 Å². The number of hydrogen-bond donors (Lipinski definition) is 1. The van der Waals surface area contributed by atoms with E-state index in [0.717, 1.165) is 12.1 Å². The average Bonchev–Trinajstić information content (AvgIpc) is 2.80. The van der Waals surface area contributed by atoms with E-state index in [1.54, 1.807) is 19.1 Å². The molecule has 0 radical (unpaired) electrons. The van der Waals surface area contributed by atoms with Crippen molar-refractivity contribution >= 4 is 17.0 Å². The number of rotatable bonds is 3. The highest BCUT2D eigenvalue weighted by atomic mass is 19.4. The molecule has 3 aromatic rings. The lowest BCUT2D eigenvalue weighted by Gasteiger charge is -2.11. The Hall–Kier alpha value is -2.83. The van der Waals surface area contributed by atoms with Crippen LogP contribution in [0.15, 0.2) is 42.6 Å². The van der Waals surface area contributed by atoms with E-state index in [-0.39, 0.29) is 12.2 Å². The molecule has 0 spiro atoms. The van der Waals surface area contributed by atoms with E-state index in [0.29, 0.717) is 22.2 Å². The summed E-state index contributed by atoms with van der Waals surface area (Å²) >= 11 is 0. The number of carboxylic acids is 1. The summed E-state index contributed by atoms with van der Waals surface area (Å²) in [5.74, 6) is -1.14. The van der Waals surface area contributed by atoms with Gasteiger partial charge in [0.15, 0.2) is 0 Å². The molecule has 0 saturated carbocycles. The number of fused-ring (bicyclic) bond motifs is 1. The Morgan fingerprint density at radius 3 is 2.67 bits per heavy atom. The molecule has 124 valence electrons. The van der Waals surface area contributed by atoms with Gasteiger partial charge < -0.3 is 9.67 Å². The van der Waals surface area contributed by atoms with Crippen molar-refractivity contribution in [2.45, 2.75) is 19.6 Å². The van der Waals surface area contributed by atoms with Gasteiger partial charge in [-0.1, -0.05) is 12.1 Å². The summed E-state index contributed by atoms with van der Waals surface area (Å²) in [6.45, 7) is 1.66. The summed E-state index contributed by atoms with van der Waals surface area (Å²) in [4.78, 5) is 15.8. The van der Waals surface area contributed by atoms with E-state index in [1.807, 2.05) is 0 Å². The highest BCUT2D eigenvalue weighted by Crippen LogP contribution is 2.30. The van der Waals surface area contributed by atoms with E-state index in [4.69, 9.17) is 0 Å². The first-order chi connectivity index (χ1) is 11.3. The maximum atomic E-state index is 12.9. The molecule has 3 rings (SSSR count). The summed E-state index contributed by atoms with van der Waals surface area (Å²) in [7, 11) is 0. The summed E-state index contributed by atoms with van der Waals surface area (Å²) in [6.07, 6.45) is -2.92. The van der Waals surface area contributed by atoms with Crippen molar-refractivity contribution in [1.82, 2.24) is 9.55 Å². The second kappa shape index (κ2) is 5.67. The van der Waals surface area contributed by atoms with Gasteiger partial charge in [-0.25, -0.2) is 9.78 Å². The number of aryl methyl sites for hydroxylation is 1. The van der Waals surface area contributed by atoms with Crippen LogP contribution in [0.5, 0.6) is 0 Å². The Bertz CT molecular complexity index is 929. The largest absolute Gasteiger partial charge is 0.477 e. The third-order valence-corrected chi connectivity index (χ3v) is 3.87. The molecule has 0 amide bonds. The predicted molar refractivity (Wildman–Crippen MR) is 82.0 cm³/mol. The molecule has 1 N–H and O–H groups in total. The van der Waals surface area contributed by atoms with Gasteiger partial charge in [-0.05, 0) is 42.3 Å². The minimum Gasteiger partial charge on any atom is -0.477 e. The molecular formula is C17H13F3N2O2. The molecule has 0 fully saturated rings. The number of pyridine rings is 1. The van der Waals surface area contributed by atoms with Crippen LogP contribution in [-0.4, -0.2) is 20.6 Å². The zero-order chi connectivity index (χ0) is 17.5. The quantitative estimate of drug-likeness (QED) is 0.784. The van der Waals surface area contributed by atoms with Crippen molar-refractivity contribution in [3.63, 3.8) is 0 Å². The van der Waals surface area contributed by atoms with Gasteiger partial charge in [0.2, 0.25) is 0 Å². The zero-order valence-corrected chi connectivity index (χ0v) is 12.6. The number of carboxylic acid groups (broad SMARTS) is 1. The second-order valence-corrected chi connectivity index (χ2v) is 5.44. The van der Waals surface area contributed by atoms with Crippen LogP contribution in [-0.2, 0) is 12.7 Å². The van der Waals surface area contributed by atoms with Gasteiger partial charge in [-0.2, -0.15) is 13.2 Å². The fourth-order valence-corrected chi connectivity index (χ4v) is 2.80. The van der Waals surface area contributed by atoms with Crippen molar-refractivity contribution < 1.29 is 23.1 Å². The van der Waals surface area contributed by atoms with Crippen LogP contribution < -0.4 is 0 Å². The molecule has 0 aliphatic rings. The molecule has 2 heterocycles. The van der Waals surface area contributed by atoms with E-state index in [9.17, 15) is 23.1 Å². The van der Waals surface area contributed by atoms with E-state index in [1.165, 1.54) is 22.9 Å². The van der Waals surface area contributed by atoms with Crippen LogP contribution in [0, 0.1) is 6.92 Å². The van der Waals surface area contributed by atoms with Crippen molar-refractivity contribution in [3.05, 3.63) is 65.0 Å². The van der Waals surface area contributed by atoms with Gasteiger partial charge in [-0.15, -0.1) is 0 Å². The first-order valence-electron chi connectivity index (χ1n) is 7.12. The Morgan fingerprint density at radius 2 is 2.00 bits per heavy atom. The zero-order valence-electron chi connectivity index (χ0n) is 12.6. The number of nitrogens with zero attached hydrogens (tertiary/aromatic N) is 2. The number of hydrogen-bond acceptors (Lipinski definition) is 2. The highest BCUT2D eigenvalue weighted by molar-refractivity contribution is 5.96. The van der Waals surface area contributed by atoms with Gasteiger partial charge in [0.1, 0.15) is 11.3 Å². The lowest BCUT2D eigenvalue weighted by atomic mass is 10.1. The number of aromatic carboxylic acids is 1. The average molecular weight is 334 g/mol. The Morgan fingerprint density at radius 1 is 1.25 bits per heavy atom. The summed E-state index contributed by atoms with van der Waals surface area (Å²) in [5, 5.41) is 10.1. The molecule has 0 atom stereocenters. The molecule has 4 nitrogen and oxygen atoms in total. The van der Waals surface area contributed by atoms with E-state index < -0.39 is 17.7 Å². The molecule has 7 heteroatoms. The van der Waals surface area contributed by atoms with Crippen molar-refractivity contribution in [2.24, 2.45) is 0 Å². The molecule has 24 heavy (non-hydrogen) atoms. The summed E-state index contributed by atoms with van der Waals surface area (Å²) in [6, 6.07) is 8.28. The van der Waals surface area contributed by atoms with Gasteiger partial charge >= 0.3 is 12.1 Å². The summed E-state index contributed by atoms with van der Waals surface area (Å²) in [5.41, 5.74) is 0.594. The normalized spacial score (nSPS) is 11.8. The summed E-state index contributed by atoms with van der Waals surface area (Å²) < 4.78 is 40.0. The van der Waals surface area contributed by atoms with Crippen molar-refractivity contribution in [2.75, 3.05) is 0 Å². The van der Waals surface area contributed by atoms with Crippen LogP contribution in [0.25, 0.3) is 11.0 Å². The fourth-order valence-electron chi connectivity index (χ4n) is 2.80. The Kier molecular flexibility index (Phi) is 3.79. The first kappa shape index (κ1) is 16.0. The van der Waals surface area contributed by atoms with Gasteiger partial charge in [0, 0.05) is 18.1 Å². The topological polar surface area (TPSA) is 55.1 Å². The number of benzene rings is 1. The Balaban J connectivity index is 2.14. The lowest BCUT2D eigenvalue weighted by molar-refractivity contribution is -0.137. The standard InChI is InChI=1S/C17H13F3N2O2/c1-10-13-6-3-7-21-15(13)22(14(10)16(23)24)9-11-4-2-5-12(8-11)17(18,19)20/h2-8H,9H2,1H3,(H,23,24). The van der Waals surface area contributed by atoms with Gasteiger partial charge in [0.25, 0.3) is 0 Å². The number of alkyl halides is 3. The smallest absolute Gasteiger partial charge is 0.416 e. The number of aromatic nitrogens is 2. The van der Waals surface area contributed by atoms with Crippen molar-refractivity contribution in [3.8, 4) is 0 Å². The highest BCUT2D eigenvalue weighted by Gasteiger charge is 2.30. The molecule has 2 aromatic heterocycles. The minimum atomic E-state index is -4.45. The second-order valence-electron chi connectivity index (χ2n) is 5.44. The molecule has 0 aliphatic carbocycles.